The number of aryl methyl sites for hydroxylation is 1. The summed E-state index contributed by atoms with van der Waals surface area (Å²) in [7, 11) is 0. The van der Waals surface area contributed by atoms with Crippen LogP contribution in [-0.2, 0) is 12.8 Å². The summed E-state index contributed by atoms with van der Waals surface area (Å²) in [5, 5.41) is 0. The fraction of sp³-hybridized carbons (Fsp3) is 0.250. The zero-order valence-electron chi connectivity index (χ0n) is 8.33. The molecule has 0 aliphatic carbocycles. The number of aromatic nitrogens is 2. The quantitative estimate of drug-likeness (QED) is 0.784. The first-order valence-corrected chi connectivity index (χ1v) is 4.94. The first-order chi connectivity index (χ1) is 6.90. The molecule has 0 aliphatic heterocycles. The highest BCUT2D eigenvalue weighted by molar-refractivity contribution is 5.30. The van der Waals surface area contributed by atoms with Gasteiger partial charge in [0.1, 0.15) is 0 Å². The number of nitrogens with one attached hydrogen (secondary N) is 1. The highest BCUT2D eigenvalue weighted by Gasteiger charge is 2.01. The van der Waals surface area contributed by atoms with E-state index in [1.54, 1.807) is 6.33 Å². The van der Waals surface area contributed by atoms with Crippen LogP contribution in [0.4, 0.5) is 0 Å². The van der Waals surface area contributed by atoms with Crippen molar-refractivity contribution in [2.24, 2.45) is 0 Å². The van der Waals surface area contributed by atoms with E-state index >= 15 is 0 Å². The summed E-state index contributed by atoms with van der Waals surface area (Å²) in [6.45, 7) is 2.18. The Bertz CT molecular complexity index is 390. The Balaban J connectivity index is 2.24. The highest BCUT2D eigenvalue weighted by atomic mass is 14.9. The number of benzene rings is 1. The molecule has 2 nitrogen and oxygen atoms in total. The molecule has 14 heavy (non-hydrogen) atoms. The fourth-order valence-electron chi connectivity index (χ4n) is 1.66. The first kappa shape index (κ1) is 9.00. The van der Waals surface area contributed by atoms with Crippen LogP contribution in [0.5, 0.6) is 0 Å². The van der Waals surface area contributed by atoms with E-state index in [2.05, 4.69) is 41.2 Å². The van der Waals surface area contributed by atoms with Crippen molar-refractivity contribution in [1.82, 2.24) is 9.97 Å². The molecule has 0 bridgehead atoms. The lowest BCUT2D eigenvalue weighted by atomic mass is 10.0. The molecule has 0 fully saturated rings. The van der Waals surface area contributed by atoms with Gasteiger partial charge in [-0.3, -0.25) is 0 Å². The van der Waals surface area contributed by atoms with Crippen LogP contribution in [0.2, 0.25) is 0 Å². The molecule has 0 amide bonds. The topological polar surface area (TPSA) is 28.7 Å². The van der Waals surface area contributed by atoms with Crippen molar-refractivity contribution in [3.05, 3.63) is 53.6 Å². The molecule has 72 valence electrons. The van der Waals surface area contributed by atoms with Crippen LogP contribution in [0.15, 0.2) is 36.8 Å². The smallest absolute Gasteiger partial charge is 0.0923 e. The van der Waals surface area contributed by atoms with E-state index in [4.69, 9.17) is 0 Å². The predicted molar refractivity (Wildman–Crippen MR) is 57.2 cm³/mol. The van der Waals surface area contributed by atoms with E-state index in [0.717, 1.165) is 18.5 Å². The largest absolute Gasteiger partial charge is 0.351 e. The maximum Gasteiger partial charge on any atom is 0.0923 e. The molecule has 0 radical (unpaired) electrons. The fourth-order valence-corrected chi connectivity index (χ4v) is 1.66. The second-order valence-corrected chi connectivity index (χ2v) is 3.36. The van der Waals surface area contributed by atoms with Gasteiger partial charge in [-0.1, -0.05) is 31.2 Å². The average molecular weight is 186 g/mol. The van der Waals surface area contributed by atoms with Crippen molar-refractivity contribution in [3.8, 4) is 0 Å². The Labute approximate surface area is 84.0 Å². The summed E-state index contributed by atoms with van der Waals surface area (Å²) in [6.07, 6.45) is 5.68. The maximum absolute atomic E-state index is 4.23. The van der Waals surface area contributed by atoms with Gasteiger partial charge >= 0.3 is 0 Å². The summed E-state index contributed by atoms with van der Waals surface area (Å²) in [5.74, 6) is 0. The standard InChI is InChI=1S/C12H14N2/c1-2-10-5-3-4-6-11(10)7-12-8-13-9-14-12/h3-6,8-9H,2,7H2,1H3,(H,13,14). The number of hydrogen-bond acceptors (Lipinski definition) is 1. The Morgan fingerprint density at radius 1 is 1.21 bits per heavy atom. The molecule has 0 unspecified atom stereocenters. The third-order valence-electron chi connectivity index (χ3n) is 2.43. The molecule has 1 aromatic carbocycles. The van der Waals surface area contributed by atoms with E-state index in [1.807, 2.05) is 6.20 Å². The molecule has 0 aliphatic rings. The predicted octanol–water partition coefficient (Wildman–Crippen LogP) is 2.56. The van der Waals surface area contributed by atoms with Gasteiger partial charge in [0.25, 0.3) is 0 Å². The number of hydrogen-bond donors (Lipinski definition) is 1. The van der Waals surface area contributed by atoms with Gasteiger partial charge in [0, 0.05) is 12.6 Å². The van der Waals surface area contributed by atoms with Crippen molar-refractivity contribution in [3.63, 3.8) is 0 Å². The van der Waals surface area contributed by atoms with Crippen molar-refractivity contribution < 1.29 is 0 Å². The van der Waals surface area contributed by atoms with E-state index in [1.165, 1.54) is 11.1 Å². The van der Waals surface area contributed by atoms with Crippen LogP contribution in [-0.4, -0.2) is 9.97 Å². The Morgan fingerprint density at radius 2 is 2.00 bits per heavy atom. The molecule has 1 heterocycles. The molecular formula is C12H14N2. The summed E-state index contributed by atoms with van der Waals surface area (Å²) >= 11 is 0. The third-order valence-corrected chi connectivity index (χ3v) is 2.43. The molecule has 0 atom stereocenters. The van der Waals surface area contributed by atoms with Gasteiger partial charge in [-0.2, -0.15) is 0 Å². The molecule has 2 rings (SSSR count). The van der Waals surface area contributed by atoms with Crippen LogP contribution in [0, 0.1) is 0 Å². The van der Waals surface area contributed by atoms with E-state index in [-0.39, 0.29) is 0 Å². The van der Waals surface area contributed by atoms with Crippen LogP contribution < -0.4 is 0 Å². The van der Waals surface area contributed by atoms with Crippen LogP contribution in [0.3, 0.4) is 0 Å². The molecule has 0 saturated carbocycles. The van der Waals surface area contributed by atoms with Crippen molar-refractivity contribution >= 4 is 0 Å². The van der Waals surface area contributed by atoms with Gasteiger partial charge in [0.2, 0.25) is 0 Å². The first-order valence-electron chi connectivity index (χ1n) is 4.94. The number of aromatic amines is 1. The third kappa shape index (κ3) is 1.84. The minimum Gasteiger partial charge on any atom is -0.351 e. The highest BCUT2D eigenvalue weighted by Crippen LogP contribution is 2.13. The minimum absolute atomic E-state index is 0.924. The zero-order chi connectivity index (χ0) is 9.80. The lowest BCUT2D eigenvalue weighted by molar-refractivity contribution is 1.03. The average Bonchev–Trinajstić information content (AvgIpc) is 2.71. The van der Waals surface area contributed by atoms with Gasteiger partial charge < -0.3 is 4.98 Å². The SMILES string of the molecule is CCc1ccccc1Cc1c[nH]cn1. The monoisotopic (exact) mass is 186 g/mol. The normalized spacial score (nSPS) is 10.4. The second kappa shape index (κ2) is 4.09. The number of imidazole rings is 1. The number of rotatable bonds is 3. The van der Waals surface area contributed by atoms with Gasteiger partial charge in [0.05, 0.1) is 12.0 Å². The Kier molecular flexibility index (Phi) is 2.63. The van der Waals surface area contributed by atoms with Gasteiger partial charge in [-0.25, -0.2) is 4.98 Å². The summed E-state index contributed by atoms with van der Waals surface area (Å²) < 4.78 is 0. The van der Waals surface area contributed by atoms with E-state index in [9.17, 15) is 0 Å². The minimum atomic E-state index is 0.924. The van der Waals surface area contributed by atoms with Crippen molar-refractivity contribution in [2.45, 2.75) is 19.8 Å². The van der Waals surface area contributed by atoms with Gasteiger partial charge in [-0.05, 0) is 17.5 Å². The van der Waals surface area contributed by atoms with Crippen LogP contribution in [0.25, 0.3) is 0 Å². The lowest BCUT2D eigenvalue weighted by Crippen LogP contribution is -1.94. The Hall–Kier alpha value is -1.57. The molecule has 2 heteroatoms. The molecule has 0 saturated heterocycles. The van der Waals surface area contributed by atoms with Crippen molar-refractivity contribution in [1.29, 1.82) is 0 Å². The maximum atomic E-state index is 4.23. The van der Waals surface area contributed by atoms with Crippen LogP contribution in [0.1, 0.15) is 23.7 Å². The summed E-state index contributed by atoms with van der Waals surface area (Å²) in [5.41, 5.74) is 3.89. The van der Waals surface area contributed by atoms with E-state index in [0.29, 0.717) is 0 Å². The molecule has 0 spiro atoms. The van der Waals surface area contributed by atoms with Crippen molar-refractivity contribution in [2.75, 3.05) is 0 Å². The van der Waals surface area contributed by atoms with Crippen LogP contribution >= 0.6 is 0 Å². The van der Waals surface area contributed by atoms with E-state index < -0.39 is 0 Å². The molecule has 1 N–H and O–H groups in total. The second-order valence-electron chi connectivity index (χ2n) is 3.36. The summed E-state index contributed by atoms with van der Waals surface area (Å²) in [6, 6.07) is 8.53. The number of H-pyrrole nitrogens is 1. The molecular weight excluding hydrogens is 172 g/mol. The summed E-state index contributed by atoms with van der Waals surface area (Å²) in [4.78, 5) is 7.21. The lowest BCUT2D eigenvalue weighted by Gasteiger charge is -2.04. The number of nitrogens with zero attached hydrogens (tertiary/aromatic N) is 1. The van der Waals surface area contributed by atoms with Gasteiger partial charge in [0.15, 0.2) is 0 Å². The molecule has 2 aromatic rings. The zero-order valence-corrected chi connectivity index (χ0v) is 8.33. The molecule has 1 aromatic heterocycles. The van der Waals surface area contributed by atoms with Gasteiger partial charge in [-0.15, -0.1) is 0 Å². The Morgan fingerprint density at radius 3 is 2.64 bits per heavy atom.